The van der Waals surface area contributed by atoms with E-state index in [0.29, 0.717) is 11.6 Å². The van der Waals surface area contributed by atoms with Gasteiger partial charge in [0.25, 0.3) is 5.91 Å². The van der Waals surface area contributed by atoms with Crippen LogP contribution in [0.1, 0.15) is 30.3 Å². The number of piperidine rings is 1. The molecule has 11 heteroatoms. The molecule has 2 atom stereocenters. The molecule has 0 spiro atoms. The predicted molar refractivity (Wildman–Crippen MR) is 142 cm³/mol. The fourth-order valence-electron chi connectivity index (χ4n) is 4.69. The molecule has 2 saturated heterocycles. The number of hydrogen-bond donors (Lipinski definition) is 3. The molecule has 1 aromatic heterocycles. The van der Waals surface area contributed by atoms with Crippen molar-refractivity contribution in [2.45, 2.75) is 31.8 Å². The number of carbonyl (C=O) groups excluding carboxylic acids is 2. The summed E-state index contributed by atoms with van der Waals surface area (Å²) in [5, 5.41) is 6.33. The minimum absolute atomic E-state index is 0.00657. The molecule has 2 fully saturated rings. The molecule has 3 amide bonds. The molecule has 2 aliphatic rings. The summed E-state index contributed by atoms with van der Waals surface area (Å²) in [4.78, 5) is 41.7. The second kappa shape index (κ2) is 11.0. The van der Waals surface area contributed by atoms with E-state index in [1.54, 1.807) is 20.3 Å². The fraction of sp³-hybridized carbons (Fsp3) is 0.520. The summed E-state index contributed by atoms with van der Waals surface area (Å²) >= 11 is 0. The van der Waals surface area contributed by atoms with Gasteiger partial charge < -0.3 is 36.0 Å². The Labute approximate surface area is 212 Å². The van der Waals surface area contributed by atoms with Crippen molar-refractivity contribution in [1.29, 1.82) is 0 Å². The quantitative estimate of drug-likeness (QED) is 0.553. The van der Waals surface area contributed by atoms with Gasteiger partial charge in [0.1, 0.15) is 5.82 Å². The lowest BCUT2D eigenvalue weighted by Crippen LogP contribution is -2.56. The van der Waals surface area contributed by atoms with Crippen molar-refractivity contribution < 1.29 is 9.59 Å². The molecule has 0 bridgehead atoms. The van der Waals surface area contributed by atoms with Crippen LogP contribution in [0.25, 0.3) is 0 Å². The van der Waals surface area contributed by atoms with E-state index in [-0.39, 0.29) is 23.8 Å². The molecule has 0 saturated carbocycles. The van der Waals surface area contributed by atoms with E-state index in [9.17, 15) is 9.59 Å². The molecule has 194 valence electrons. The van der Waals surface area contributed by atoms with Gasteiger partial charge in [-0.2, -0.15) is 0 Å². The Morgan fingerprint density at radius 2 is 1.78 bits per heavy atom. The normalized spacial score (nSPS) is 20.7. The SMILES string of the molecule is C[C@@H]1[C@H](NC(=O)N(C)C)CCCN1c1cnc(C(N)=O)c(Nc2ccc(N3CCN(C)CC3)cc2)n1. The first-order valence-electron chi connectivity index (χ1n) is 12.4. The van der Waals surface area contributed by atoms with Gasteiger partial charge in [-0.15, -0.1) is 0 Å². The van der Waals surface area contributed by atoms with Gasteiger partial charge in [-0.3, -0.25) is 4.79 Å². The minimum atomic E-state index is -0.645. The number of rotatable bonds is 6. The van der Waals surface area contributed by atoms with Gasteiger partial charge in [-0.05, 0) is 51.1 Å². The molecule has 0 unspecified atom stereocenters. The van der Waals surface area contributed by atoms with Gasteiger partial charge in [0.15, 0.2) is 11.5 Å². The standard InChI is InChI=1S/C25H37N9O2/c1-17-20(29-25(36)31(2)3)6-5-11-34(17)21-16-27-22(23(26)35)24(30-21)28-18-7-9-19(10-8-18)33-14-12-32(4)13-15-33/h7-10,16-17,20H,5-6,11-15H2,1-4H3,(H2,26,35)(H,28,30)(H,29,36)/t17-,20-/m1/s1. The topological polar surface area (TPSA) is 123 Å². The molecule has 4 rings (SSSR count). The van der Waals surface area contributed by atoms with Crippen LogP contribution in [-0.2, 0) is 0 Å². The highest BCUT2D eigenvalue weighted by Crippen LogP contribution is 2.27. The first-order chi connectivity index (χ1) is 17.2. The molecule has 0 radical (unpaired) electrons. The highest BCUT2D eigenvalue weighted by Gasteiger charge is 2.31. The molecule has 36 heavy (non-hydrogen) atoms. The fourth-order valence-corrected chi connectivity index (χ4v) is 4.69. The Balaban J connectivity index is 1.52. The Bertz CT molecular complexity index is 1070. The highest BCUT2D eigenvalue weighted by atomic mass is 16.2. The van der Waals surface area contributed by atoms with Crippen molar-refractivity contribution in [3.8, 4) is 0 Å². The maximum absolute atomic E-state index is 12.2. The first-order valence-corrected chi connectivity index (χ1v) is 12.4. The van der Waals surface area contributed by atoms with Gasteiger partial charge in [-0.1, -0.05) is 0 Å². The summed E-state index contributed by atoms with van der Waals surface area (Å²) in [6, 6.07) is 7.95. The van der Waals surface area contributed by atoms with Gasteiger partial charge in [0.2, 0.25) is 0 Å². The Kier molecular flexibility index (Phi) is 7.78. The molecule has 11 nitrogen and oxygen atoms in total. The Hall–Kier alpha value is -3.60. The molecule has 0 aliphatic carbocycles. The number of likely N-dealkylation sites (N-methyl/N-ethyl adjacent to an activating group) is 1. The highest BCUT2D eigenvalue weighted by molar-refractivity contribution is 5.96. The smallest absolute Gasteiger partial charge is 0.317 e. The zero-order valence-electron chi connectivity index (χ0n) is 21.6. The molecule has 3 heterocycles. The van der Waals surface area contributed by atoms with E-state index in [0.717, 1.165) is 56.9 Å². The van der Waals surface area contributed by atoms with Crippen LogP contribution < -0.4 is 26.2 Å². The van der Waals surface area contributed by atoms with Gasteiger partial charge in [0, 0.05) is 64.2 Å². The average molecular weight is 496 g/mol. The Morgan fingerprint density at radius 3 is 2.42 bits per heavy atom. The van der Waals surface area contributed by atoms with Crippen LogP contribution >= 0.6 is 0 Å². The molecular weight excluding hydrogens is 458 g/mol. The van der Waals surface area contributed by atoms with Crippen LogP contribution in [0.4, 0.5) is 27.8 Å². The van der Waals surface area contributed by atoms with Gasteiger partial charge in [-0.25, -0.2) is 14.8 Å². The van der Waals surface area contributed by atoms with Crippen molar-refractivity contribution in [2.24, 2.45) is 5.73 Å². The van der Waals surface area contributed by atoms with Crippen molar-refractivity contribution in [3.63, 3.8) is 0 Å². The molecule has 1 aromatic carbocycles. The number of nitrogens with one attached hydrogen (secondary N) is 2. The maximum Gasteiger partial charge on any atom is 0.317 e. The van der Waals surface area contributed by atoms with E-state index < -0.39 is 5.91 Å². The van der Waals surface area contributed by atoms with Crippen LogP contribution in [0.5, 0.6) is 0 Å². The number of anilines is 4. The summed E-state index contributed by atoms with van der Waals surface area (Å²) in [6.07, 6.45) is 3.36. The number of primary amides is 1. The summed E-state index contributed by atoms with van der Waals surface area (Å²) in [5.41, 5.74) is 7.65. The van der Waals surface area contributed by atoms with E-state index in [4.69, 9.17) is 10.7 Å². The summed E-state index contributed by atoms with van der Waals surface area (Å²) in [7, 11) is 5.59. The van der Waals surface area contributed by atoms with Crippen LogP contribution in [0.2, 0.25) is 0 Å². The zero-order chi connectivity index (χ0) is 25.8. The minimum Gasteiger partial charge on any atom is -0.369 e. The van der Waals surface area contributed by atoms with E-state index in [2.05, 4.69) is 56.4 Å². The number of carbonyl (C=O) groups is 2. The average Bonchev–Trinajstić information content (AvgIpc) is 2.86. The third-order valence-corrected chi connectivity index (χ3v) is 6.99. The van der Waals surface area contributed by atoms with Crippen molar-refractivity contribution >= 4 is 34.9 Å². The van der Waals surface area contributed by atoms with Gasteiger partial charge >= 0.3 is 6.03 Å². The van der Waals surface area contributed by atoms with Crippen LogP contribution in [0, 0.1) is 0 Å². The summed E-state index contributed by atoms with van der Waals surface area (Å²) < 4.78 is 0. The second-order valence-corrected chi connectivity index (χ2v) is 9.78. The number of nitrogens with zero attached hydrogens (tertiary/aromatic N) is 6. The van der Waals surface area contributed by atoms with Gasteiger partial charge in [0.05, 0.1) is 12.2 Å². The van der Waals surface area contributed by atoms with Crippen LogP contribution in [0.15, 0.2) is 30.5 Å². The van der Waals surface area contributed by atoms with Crippen molar-refractivity contribution in [1.82, 2.24) is 25.1 Å². The number of nitrogens with two attached hydrogens (primary N) is 1. The zero-order valence-corrected chi connectivity index (χ0v) is 21.6. The second-order valence-electron chi connectivity index (χ2n) is 9.78. The molecular formula is C25H37N9O2. The third-order valence-electron chi connectivity index (χ3n) is 6.99. The summed E-state index contributed by atoms with van der Waals surface area (Å²) in [5.74, 6) is 0.306. The number of benzene rings is 1. The van der Waals surface area contributed by atoms with Crippen molar-refractivity contribution in [2.75, 3.05) is 69.0 Å². The third kappa shape index (κ3) is 5.78. The van der Waals surface area contributed by atoms with Crippen molar-refractivity contribution in [3.05, 3.63) is 36.2 Å². The maximum atomic E-state index is 12.2. The number of aromatic nitrogens is 2. The number of piperazine rings is 1. The van der Waals surface area contributed by atoms with E-state index in [1.807, 2.05) is 12.1 Å². The first kappa shape index (κ1) is 25.5. The van der Waals surface area contributed by atoms with E-state index >= 15 is 0 Å². The number of urea groups is 1. The van der Waals surface area contributed by atoms with E-state index in [1.165, 1.54) is 4.90 Å². The lowest BCUT2D eigenvalue weighted by molar-refractivity contribution is 0.0996. The number of amides is 3. The largest absolute Gasteiger partial charge is 0.369 e. The lowest BCUT2D eigenvalue weighted by Gasteiger charge is -2.40. The van der Waals surface area contributed by atoms with Crippen LogP contribution in [0.3, 0.4) is 0 Å². The molecule has 2 aliphatic heterocycles. The lowest BCUT2D eigenvalue weighted by atomic mass is 9.97. The summed E-state index contributed by atoms with van der Waals surface area (Å²) in [6.45, 7) is 6.91. The predicted octanol–water partition coefficient (Wildman–Crippen LogP) is 1.70. The monoisotopic (exact) mass is 495 g/mol. The molecule has 4 N–H and O–H groups in total. The number of hydrogen-bond acceptors (Lipinski definition) is 8. The molecule has 2 aromatic rings. The Morgan fingerprint density at radius 1 is 1.08 bits per heavy atom. The van der Waals surface area contributed by atoms with Crippen LogP contribution in [-0.4, -0.2) is 97.7 Å².